The van der Waals surface area contributed by atoms with Crippen LogP contribution in [0.5, 0.6) is 11.5 Å². The first-order valence-corrected chi connectivity index (χ1v) is 12.2. The van der Waals surface area contributed by atoms with E-state index < -0.39 is 5.91 Å². The quantitative estimate of drug-likeness (QED) is 0.284. The summed E-state index contributed by atoms with van der Waals surface area (Å²) in [5, 5.41) is 0.481. The first-order chi connectivity index (χ1) is 16.8. The molecule has 3 aromatic carbocycles. The first kappa shape index (κ1) is 25.1. The van der Waals surface area contributed by atoms with Crippen molar-refractivity contribution in [2.75, 3.05) is 6.61 Å². The third-order valence-corrected chi connectivity index (χ3v) is 6.47. The van der Waals surface area contributed by atoms with Gasteiger partial charge < -0.3 is 9.47 Å². The topological polar surface area (TPSA) is 55.8 Å². The number of nitrogens with zero attached hydrogens (tertiary/aromatic N) is 1. The Morgan fingerprint density at radius 2 is 1.77 bits per heavy atom. The lowest BCUT2D eigenvalue weighted by atomic mass is 10.1. The van der Waals surface area contributed by atoms with Crippen molar-refractivity contribution in [3.8, 4) is 11.5 Å². The normalized spacial score (nSPS) is 14.6. The molecule has 5 nitrogen and oxygen atoms in total. The fourth-order valence-electron chi connectivity index (χ4n) is 3.42. The van der Waals surface area contributed by atoms with Crippen LogP contribution in [0.3, 0.4) is 0 Å². The maximum Gasteiger partial charge on any atom is 0.293 e. The molecule has 0 atom stereocenters. The van der Waals surface area contributed by atoms with Gasteiger partial charge in [-0.2, -0.15) is 0 Å². The average molecular weight is 532 g/mol. The summed E-state index contributed by atoms with van der Waals surface area (Å²) in [6.07, 6.45) is 1.59. The molecule has 1 aliphatic rings. The standard InChI is InChI=1S/C26H20Cl2FNO4S/c1-2-33-22-12-18(11-21(28)24(22)34-15-17-4-3-5-20(29)10-17)13-23-25(31)30(26(32)35-23)14-16-6-8-19(27)9-7-16/h3-13H,2,14-15H2,1H3. The Morgan fingerprint density at radius 3 is 2.49 bits per heavy atom. The zero-order chi connectivity index (χ0) is 24.9. The third-order valence-electron chi connectivity index (χ3n) is 5.03. The SMILES string of the molecule is CCOc1cc(C=C2SC(=O)N(Cc3ccc(Cl)cc3)C2=O)cc(Cl)c1OCc1cccc(F)c1. The number of benzene rings is 3. The molecule has 3 aromatic rings. The zero-order valence-electron chi connectivity index (χ0n) is 18.6. The molecular formula is C26H20Cl2FNO4S. The summed E-state index contributed by atoms with van der Waals surface area (Å²) in [5.41, 5.74) is 2.01. The molecule has 9 heteroatoms. The van der Waals surface area contributed by atoms with Crippen LogP contribution < -0.4 is 9.47 Å². The summed E-state index contributed by atoms with van der Waals surface area (Å²) in [6, 6.07) is 16.3. The number of halogens is 3. The smallest absolute Gasteiger partial charge is 0.293 e. The molecule has 0 aromatic heterocycles. The molecule has 0 bridgehead atoms. The van der Waals surface area contributed by atoms with Crippen molar-refractivity contribution in [2.45, 2.75) is 20.1 Å². The zero-order valence-corrected chi connectivity index (χ0v) is 20.9. The van der Waals surface area contributed by atoms with E-state index in [0.717, 1.165) is 17.3 Å². The van der Waals surface area contributed by atoms with E-state index in [2.05, 4.69) is 0 Å². The van der Waals surface area contributed by atoms with Crippen LogP contribution in [0.25, 0.3) is 6.08 Å². The molecule has 0 N–H and O–H groups in total. The van der Waals surface area contributed by atoms with Gasteiger partial charge in [-0.15, -0.1) is 0 Å². The van der Waals surface area contributed by atoms with E-state index in [4.69, 9.17) is 32.7 Å². The summed E-state index contributed by atoms with van der Waals surface area (Å²) < 4.78 is 25.0. The van der Waals surface area contributed by atoms with Crippen LogP contribution >= 0.6 is 35.0 Å². The van der Waals surface area contributed by atoms with Crippen LogP contribution in [0.4, 0.5) is 9.18 Å². The summed E-state index contributed by atoms with van der Waals surface area (Å²) in [4.78, 5) is 26.9. The Balaban J connectivity index is 1.55. The van der Waals surface area contributed by atoms with Crippen molar-refractivity contribution in [3.63, 3.8) is 0 Å². The van der Waals surface area contributed by atoms with Crippen molar-refractivity contribution in [1.82, 2.24) is 4.90 Å². The number of amides is 2. The number of hydrogen-bond donors (Lipinski definition) is 0. The Hall–Kier alpha value is -3.00. The number of ether oxygens (including phenoxy) is 2. The van der Waals surface area contributed by atoms with Gasteiger partial charge in [0.1, 0.15) is 12.4 Å². The summed E-state index contributed by atoms with van der Waals surface area (Å²) in [6.45, 7) is 2.42. The second kappa shape index (κ2) is 11.2. The Labute approximate surface area is 216 Å². The molecule has 2 amide bonds. The molecule has 1 aliphatic heterocycles. The number of hydrogen-bond acceptors (Lipinski definition) is 5. The van der Waals surface area contributed by atoms with E-state index in [1.165, 1.54) is 17.0 Å². The molecule has 1 saturated heterocycles. The first-order valence-electron chi connectivity index (χ1n) is 10.7. The predicted octanol–water partition coefficient (Wildman–Crippen LogP) is 7.35. The largest absolute Gasteiger partial charge is 0.490 e. The molecule has 35 heavy (non-hydrogen) atoms. The Morgan fingerprint density at radius 1 is 1.00 bits per heavy atom. The van der Waals surface area contributed by atoms with Crippen LogP contribution in [-0.4, -0.2) is 22.7 Å². The van der Waals surface area contributed by atoms with Crippen molar-refractivity contribution in [1.29, 1.82) is 0 Å². The van der Waals surface area contributed by atoms with E-state index in [1.54, 1.807) is 54.6 Å². The Kier molecular flexibility index (Phi) is 8.00. The number of imide groups is 1. The minimum absolute atomic E-state index is 0.0977. The van der Waals surface area contributed by atoms with E-state index >= 15 is 0 Å². The van der Waals surface area contributed by atoms with Crippen molar-refractivity contribution in [3.05, 3.63) is 98.1 Å². The van der Waals surface area contributed by atoms with Crippen LogP contribution in [0, 0.1) is 5.82 Å². The van der Waals surface area contributed by atoms with E-state index in [1.807, 2.05) is 6.92 Å². The van der Waals surface area contributed by atoms with Gasteiger partial charge in [0.05, 0.1) is 23.1 Å². The van der Waals surface area contributed by atoms with Crippen molar-refractivity contribution < 1.29 is 23.5 Å². The lowest BCUT2D eigenvalue weighted by Gasteiger charge is -2.15. The molecular weight excluding hydrogens is 512 g/mol. The monoisotopic (exact) mass is 531 g/mol. The highest BCUT2D eigenvalue weighted by atomic mass is 35.5. The third kappa shape index (κ3) is 6.17. The average Bonchev–Trinajstić information content (AvgIpc) is 3.07. The van der Waals surface area contributed by atoms with Gasteiger partial charge in [-0.25, -0.2) is 4.39 Å². The van der Waals surface area contributed by atoms with Crippen molar-refractivity contribution >= 4 is 52.2 Å². The lowest BCUT2D eigenvalue weighted by molar-refractivity contribution is -0.123. The molecule has 0 aliphatic carbocycles. The van der Waals surface area contributed by atoms with Gasteiger partial charge in [-0.3, -0.25) is 14.5 Å². The van der Waals surface area contributed by atoms with Crippen LogP contribution in [0.2, 0.25) is 10.0 Å². The van der Waals surface area contributed by atoms with Gasteiger partial charge in [-0.1, -0.05) is 47.5 Å². The Bertz CT molecular complexity index is 1300. The van der Waals surface area contributed by atoms with Gasteiger partial charge in [0.25, 0.3) is 11.1 Å². The van der Waals surface area contributed by atoms with Gasteiger partial charge >= 0.3 is 0 Å². The van der Waals surface area contributed by atoms with Gasteiger partial charge in [0.2, 0.25) is 0 Å². The van der Waals surface area contributed by atoms with Crippen molar-refractivity contribution in [2.24, 2.45) is 0 Å². The highest BCUT2D eigenvalue weighted by molar-refractivity contribution is 8.18. The fourth-order valence-corrected chi connectivity index (χ4v) is 4.65. The number of rotatable bonds is 8. The maximum absolute atomic E-state index is 13.5. The highest BCUT2D eigenvalue weighted by Crippen LogP contribution is 2.40. The molecule has 180 valence electrons. The molecule has 0 radical (unpaired) electrons. The second-order valence-corrected chi connectivity index (χ2v) is 9.41. The van der Waals surface area contributed by atoms with E-state index in [-0.39, 0.29) is 34.1 Å². The molecule has 0 spiro atoms. The molecule has 1 fully saturated rings. The summed E-state index contributed by atoms with van der Waals surface area (Å²) in [5.74, 6) is -0.0631. The molecule has 1 heterocycles. The predicted molar refractivity (Wildman–Crippen MR) is 136 cm³/mol. The van der Waals surface area contributed by atoms with Crippen LogP contribution in [0.15, 0.2) is 65.6 Å². The number of carbonyl (C=O) groups excluding carboxylic acids is 2. The molecule has 0 saturated carbocycles. The van der Waals surface area contributed by atoms with Gasteiger partial charge in [-0.05, 0) is 77.9 Å². The van der Waals surface area contributed by atoms with Crippen LogP contribution in [0.1, 0.15) is 23.6 Å². The van der Waals surface area contributed by atoms with Gasteiger partial charge in [0, 0.05) is 5.02 Å². The molecule has 0 unspecified atom stereocenters. The van der Waals surface area contributed by atoms with Gasteiger partial charge in [0.15, 0.2) is 11.5 Å². The maximum atomic E-state index is 13.5. The highest BCUT2D eigenvalue weighted by Gasteiger charge is 2.35. The van der Waals surface area contributed by atoms with E-state index in [0.29, 0.717) is 34.3 Å². The number of thioether (sulfide) groups is 1. The minimum Gasteiger partial charge on any atom is -0.490 e. The minimum atomic E-state index is -0.393. The fraction of sp³-hybridized carbons (Fsp3) is 0.154. The number of carbonyl (C=O) groups is 2. The summed E-state index contributed by atoms with van der Waals surface area (Å²) in [7, 11) is 0. The van der Waals surface area contributed by atoms with E-state index in [9.17, 15) is 14.0 Å². The summed E-state index contributed by atoms with van der Waals surface area (Å²) >= 11 is 13.2. The lowest BCUT2D eigenvalue weighted by Crippen LogP contribution is -2.27. The second-order valence-electron chi connectivity index (χ2n) is 7.58. The van der Waals surface area contributed by atoms with Crippen LogP contribution in [-0.2, 0) is 17.9 Å². The molecule has 4 rings (SSSR count).